The predicted octanol–water partition coefficient (Wildman–Crippen LogP) is 3.73. The number of likely N-dealkylation sites (N-methyl/N-ethyl adjacent to an activating group) is 1. The summed E-state index contributed by atoms with van der Waals surface area (Å²) < 4.78 is 5.79. The summed E-state index contributed by atoms with van der Waals surface area (Å²) in [5, 5.41) is 3.40. The molecule has 2 heteroatoms. The van der Waals surface area contributed by atoms with Crippen molar-refractivity contribution in [2.45, 2.75) is 31.4 Å². The van der Waals surface area contributed by atoms with Crippen LogP contribution in [0.3, 0.4) is 0 Å². The van der Waals surface area contributed by atoms with Crippen LogP contribution in [-0.2, 0) is 6.42 Å². The molecule has 1 N–H and O–H groups in total. The number of rotatable bonds is 6. The van der Waals surface area contributed by atoms with Crippen LogP contribution in [-0.4, -0.2) is 13.2 Å². The lowest BCUT2D eigenvalue weighted by molar-refractivity contribution is 0.303. The van der Waals surface area contributed by atoms with Crippen molar-refractivity contribution in [1.82, 2.24) is 5.32 Å². The zero-order chi connectivity index (χ0) is 13.8. The highest BCUT2D eigenvalue weighted by molar-refractivity contribution is 5.31. The van der Waals surface area contributed by atoms with Crippen LogP contribution in [0.2, 0.25) is 0 Å². The van der Waals surface area contributed by atoms with Crippen molar-refractivity contribution < 1.29 is 4.74 Å². The number of hydrogen-bond acceptors (Lipinski definition) is 2. The van der Waals surface area contributed by atoms with Gasteiger partial charge < -0.3 is 10.1 Å². The van der Waals surface area contributed by atoms with Gasteiger partial charge in [-0.2, -0.15) is 0 Å². The minimum absolute atomic E-state index is 0.340. The molecule has 1 aliphatic carbocycles. The fourth-order valence-electron chi connectivity index (χ4n) is 2.39. The smallest absolute Gasteiger partial charge is 0.119 e. The quantitative estimate of drug-likeness (QED) is 0.861. The number of benzene rings is 2. The Morgan fingerprint density at radius 3 is 2.35 bits per heavy atom. The van der Waals surface area contributed by atoms with Crippen LogP contribution in [0.1, 0.15) is 30.0 Å². The summed E-state index contributed by atoms with van der Waals surface area (Å²) in [6, 6.07) is 19.4. The summed E-state index contributed by atoms with van der Waals surface area (Å²) in [7, 11) is 2.02. The molecule has 104 valence electrons. The average molecular weight is 267 g/mol. The van der Waals surface area contributed by atoms with Gasteiger partial charge >= 0.3 is 0 Å². The fraction of sp³-hybridized carbons (Fsp3) is 0.333. The lowest BCUT2D eigenvalue weighted by Crippen LogP contribution is -2.18. The number of hydrogen-bond donors (Lipinski definition) is 1. The van der Waals surface area contributed by atoms with Gasteiger partial charge in [-0.05, 0) is 49.6 Å². The van der Waals surface area contributed by atoms with Crippen LogP contribution >= 0.6 is 0 Å². The van der Waals surface area contributed by atoms with E-state index in [4.69, 9.17) is 4.74 Å². The lowest BCUT2D eigenvalue weighted by atomic mass is 9.99. The Labute approximate surface area is 120 Å². The van der Waals surface area contributed by atoms with Gasteiger partial charge in [-0.1, -0.05) is 42.5 Å². The fourth-order valence-corrected chi connectivity index (χ4v) is 2.39. The van der Waals surface area contributed by atoms with E-state index in [2.05, 4.69) is 59.9 Å². The van der Waals surface area contributed by atoms with E-state index in [1.807, 2.05) is 7.05 Å². The van der Waals surface area contributed by atoms with E-state index < -0.39 is 0 Å². The first-order valence-electron chi connectivity index (χ1n) is 7.33. The van der Waals surface area contributed by atoms with Crippen LogP contribution in [0, 0.1) is 0 Å². The molecule has 0 aromatic heterocycles. The summed E-state index contributed by atoms with van der Waals surface area (Å²) in [6.45, 7) is 0. The van der Waals surface area contributed by atoms with Gasteiger partial charge in [0.15, 0.2) is 0 Å². The molecule has 0 heterocycles. The normalized spacial score (nSPS) is 15.8. The molecule has 0 spiro atoms. The van der Waals surface area contributed by atoms with E-state index in [1.165, 1.54) is 24.0 Å². The third kappa shape index (κ3) is 3.40. The highest BCUT2D eigenvalue weighted by Gasteiger charge is 2.23. The molecule has 0 saturated heterocycles. The third-order valence-electron chi connectivity index (χ3n) is 3.74. The van der Waals surface area contributed by atoms with Gasteiger partial charge in [-0.25, -0.2) is 0 Å². The molecule has 2 aromatic carbocycles. The van der Waals surface area contributed by atoms with Crippen molar-refractivity contribution >= 4 is 0 Å². The summed E-state index contributed by atoms with van der Waals surface area (Å²) in [5.74, 6) is 0.991. The second kappa shape index (κ2) is 6.10. The SMILES string of the molecule is CNC(Cc1ccccc1)c1ccc(OC2CC2)cc1. The predicted molar refractivity (Wildman–Crippen MR) is 82.0 cm³/mol. The highest BCUT2D eigenvalue weighted by atomic mass is 16.5. The first-order valence-corrected chi connectivity index (χ1v) is 7.33. The van der Waals surface area contributed by atoms with Crippen molar-refractivity contribution in [2.75, 3.05) is 7.05 Å². The van der Waals surface area contributed by atoms with E-state index in [0.29, 0.717) is 12.1 Å². The Morgan fingerprint density at radius 1 is 1.05 bits per heavy atom. The molecule has 1 aliphatic rings. The minimum Gasteiger partial charge on any atom is -0.490 e. The summed E-state index contributed by atoms with van der Waals surface area (Å²) in [5.41, 5.74) is 2.66. The minimum atomic E-state index is 0.340. The Morgan fingerprint density at radius 2 is 1.75 bits per heavy atom. The zero-order valence-electron chi connectivity index (χ0n) is 11.9. The van der Waals surface area contributed by atoms with Crippen LogP contribution in [0.15, 0.2) is 54.6 Å². The zero-order valence-corrected chi connectivity index (χ0v) is 11.9. The summed E-state index contributed by atoms with van der Waals surface area (Å²) >= 11 is 0. The maximum Gasteiger partial charge on any atom is 0.119 e. The molecule has 0 radical (unpaired) electrons. The molecule has 1 fully saturated rings. The van der Waals surface area contributed by atoms with Gasteiger partial charge in [0.25, 0.3) is 0 Å². The second-order valence-electron chi connectivity index (χ2n) is 5.42. The van der Waals surface area contributed by atoms with Crippen molar-refractivity contribution in [3.63, 3.8) is 0 Å². The first kappa shape index (κ1) is 13.2. The van der Waals surface area contributed by atoms with E-state index in [-0.39, 0.29) is 0 Å². The summed E-state index contributed by atoms with van der Waals surface area (Å²) in [6.07, 6.45) is 3.87. The van der Waals surface area contributed by atoms with Gasteiger partial charge in [0.2, 0.25) is 0 Å². The maximum atomic E-state index is 5.79. The van der Waals surface area contributed by atoms with Crippen molar-refractivity contribution in [3.05, 3.63) is 65.7 Å². The van der Waals surface area contributed by atoms with Crippen molar-refractivity contribution in [3.8, 4) is 5.75 Å². The standard InChI is InChI=1S/C18H21NO/c1-19-18(13-14-5-3-2-4-6-14)15-7-9-16(10-8-15)20-17-11-12-17/h2-10,17-19H,11-13H2,1H3. The molecule has 1 atom stereocenters. The van der Waals surface area contributed by atoms with E-state index in [9.17, 15) is 0 Å². The molecule has 1 unspecified atom stereocenters. The van der Waals surface area contributed by atoms with Crippen LogP contribution in [0.5, 0.6) is 5.75 Å². The molecular weight excluding hydrogens is 246 g/mol. The van der Waals surface area contributed by atoms with Gasteiger partial charge in [-0.15, -0.1) is 0 Å². The molecule has 1 saturated carbocycles. The van der Waals surface area contributed by atoms with Crippen LogP contribution in [0.25, 0.3) is 0 Å². The molecule has 0 aliphatic heterocycles. The van der Waals surface area contributed by atoms with Crippen molar-refractivity contribution in [2.24, 2.45) is 0 Å². The Bertz CT molecular complexity index is 531. The van der Waals surface area contributed by atoms with Gasteiger partial charge in [0.05, 0.1) is 6.10 Å². The van der Waals surface area contributed by atoms with E-state index >= 15 is 0 Å². The van der Waals surface area contributed by atoms with Crippen LogP contribution < -0.4 is 10.1 Å². The molecule has 2 aromatic rings. The number of ether oxygens (including phenoxy) is 1. The topological polar surface area (TPSA) is 21.3 Å². The Kier molecular flexibility index (Phi) is 4.03. The van der Waals surface area contributed by atoms with Crippen molar-refractivity contribution in [1.29, 1.82) is 0 Å². The lowest BCUT2D eigenvalue weighted by Gasteiger charge is -2.17. The molecule has 2 nitrogen and oxygen atoms in total. The largest absolute Gasteiger partial charge is 0.490 e. The van der Waals surface area contributed by atoms with Gasteiger partial charge in [0.1, 0.15) is 5.75 Å². The monoisotopic (exact) mass is 267 g/mol. The first-order chi connectivity index (χ1) is 9.85. The molecular formula is C18H21NO. The molecule has 0 amide bonds. The second-order valence-corrected chi connectivity index (χ2v) is 5.42. The third-order valence-corrected chi connectivity index (χ3v) is 3.74. The number of nitrogens with one attached hydrogen (secondary N) is 1. The molecule has 0 bridgehead atoms. The molecule has 3 rings (SSSR count). The highest BCUT2D eigenvalue weighted by Crippen LogP contribution is 2.28. The Hall–Kier alpha value is -1.80. The van der Waals surface area contributed by atoms with Gasteiger partial charge in [-0.3, -0.25) is 0 Å². The average Bonchev–Trinajstić information content (AvgIpc) is 3.31. The molecule has 20 heavy (non-hydrogen) atoms. The summed E-state index contributed by atoms with van der Waals surface area (Å²) in [4.78, 5) is 0. The van der Waals surface area contributed by atoms with E-state index in [0.717, 1.165) is 12.2 Å². The van der Waals surface area contributed by atoms with Gasteiger partial charge in [0, 0.05) is 6.04 Å². The van der Waals surface area contributed by atoms with Crippen LogP contribution in [0.4, 0.5) is 0 Å². The van der Waals surface area contributed by atoms with E-state index in [1.54, 1.807) is 0 Å². The Balaban J connectivity index is 1.68. The maximum absolute atomic E-state index is 5.79.